The Morgan fingerprint density at radius 3 is 2.26 bits per heavy atom. The number of aryl methyl sites for hydroxylation is 1. The van der Waals surface area contributed by atoms with E-state index in [1.807, 2.05) is 39.0 Å². The Hall–Kier alpha value is -4.82. The molecule has 47 heavy (non-hydrogen) atoms. The van der Waals surface area contributed by atoms with Gasteiger partial charge < -0.3 is 33.2 Å². The number of carbonyl (C=O) groups is 4. The van der Waals surface area contributed by atoms with E-state index in [1.165, 1.54) is 6.92 Å². The molecule has 0 aliphatic carbocycles. The van der Waals surface area contributed by atoms with E-state index in [0.717, 1.165) is 37.6 Å². The molecule has 1 fully saturated rings. The second-order valence-corrected chi connectivity index (χ2v) is 11.2. The summed E-state index contributed by atoms with van der Waals surface area (Å²) in [5.74, 6) is -2.06. The van der Waals surface area contributed by atoms with E-state index in [0.29, 0.717) is 37.3 Å². The zero-order valence-corrected chi connectivity index (χ0v) is 27.5. The first kappa shape index (κ1) is 36.6. The maximum absolute atomic E-state index is 12.2. The Balaban J connectivity index is 1.97. The Labute approximate surface area is 271 Å². The first-order valence-corrected chi connectivity index (χ1v) is 15.1. The zero-order chi connectivity index (χ0) is 34.7. The van der Waals surface area contributed by atoms with Crippen LogP contribution in [0.3, 0.4) is 0 Å². The lowest BCUT2D eigenvalue weighted by Crippen LogP contribution is -2.63. The number of ether oxygens (including phenoxy) is 7. The number of aromatic nitrogens is 2. The van der Waals surface area contributed by atoms with Crippen molar-refractivity contribution in [2.45, 2.75) is 97.9 Å². The Morgan fingerprint density at radius 2 is 1.66 bits per heavy atom. The van der Waals surface area contributed by atoms with E-state index in [-0.39, 0.29) is 18.4 Å². The molecule has 1 saturated heterocycles. The number of carbonyl (C=O) groups excluding carboxylic acids is 4. The number of nitrogens with zero attached hydrogens (tertiary/aromatic N) is 4. The lowest BCUT2D eigenvalue weighted by molar-refractivity contribution is -0.289. The van der Waals surface area contributed by atoms with Gasteiger partial charge in [0, 0.05) is 56.8 Å². The number of esters is 4. The van der Waals surface area contributed by atoms with E-state index in [2.05, 4.69) is 20.2 Å². The van der Waals surface area contributed by atoms with Crippen molar-refractivity contribution >= 4 is 23.9 Å². The molecule has 0 radical (unpaired) electrons. The third kappa shape index (κ3) is 10.6. The first-order chi connectivity index (χ1) is 22.3. The van der Waals surface area contributed by atoms with Crippen LogP contribution in [0.25, 0.3) is 10.4 Å². The van der Waals surface area contributed by atoms with Gasteiger partial charge in [0.25, 0.3) is 0 Å². The van der Waals surface area contributed by atoms with Gasteiger partial charge in [0.05, 0.1) is 6.61 Å². The summed E-state index contributed by atoms with van der Waals surface area (Å²) in [6.07, 6.45) is -5.73. The highest BCUT2D eigenvalue weighted by Gasteiger charge is 2.53. The fraction of sp³-hybridized carbons (Fsp3) is 0.581. The molecule has 0 bridgehead atoms. The van der Waals surface area contributed by atoms with Crippen molar-refractivity contribution in [2.24, 2.45) is 5.11 Å². The molecule has 1 aromatic heterocycles. The van der Waals surface area contributed by atoms with Gasteiger partial charge in [-0.1, -0.05) is 25.0 Å². The summed E-state index contributed by atoms with van der Waals surface area (Å²) in [4.78, 5) is 50.9. The molecule has 2 aromatic rings. The van der Waals surface area contributed by atoms with Gasteiger partial charge in [0.2, 0.25) is 18.3 Å². The number of benzene rings is 1. The van der Waals surface area contributed by atoms with Gasteiger partial charge in [-0.25, -0.2) is 0 Å². The van der Waals surface area contributed by atoms with Crippen LogP contribution in [-0.2, 0) is 49.3 Å². The summed E-state index contributed by atoms with van der Waals surface area (Å²) in [6, 6.07) is 5.66. The second kappa shape index (κ2) is 17.2. The minimum Gasteiger partial charge on any atom is -0.494 e. The molecule has 0 amide bonds. The van der Waals surface area contributed by atoms with Crippen LogP contribution in [0.5, 0.6) is 11.6 Å². The summed E-state index contributed by atoms with van der Waals surface area (Å²) >= 11 is 0. The van der Waals surface area contributed by atoms with Crippen molar-refractivity contribution in [1.29, 1.82) is 0 Å². The Bertz CT molecular complexity index is 1470. The molecular formula is C31H41N5O11. The number of hydrogen-bond acceptors (Lipinski definition) is 13. The topological polar surface area (TPSA) is 210 Å². The third-order valence-corrected chi connectivity index (χ3v) is 7.03. The van der Waals surface area contributed by atoms with Gasteiger partial charge in [0.15, 0.2) is 12.2 Å². The van der Waals surface area contributed by atoms with E-state index in [4.69, 9.17) is 38.7 Å². The number of hydrogen-bond donors (Lipinski definition) is 1. The van der Waals surface area contributed by atoms with E-state index in [9.17, 15) is 19.2 Å². The van der Waals surface area contributed by atoms with E-state index >= 15 is 0 Å². The summed E-state index contributed by atoms with van der Waals surface area (Å²) in [5.41, 5.74) is 11.8. The predicted molar refractivity (Wildman–Crippen MR) is 163 cm³/mol. The zero-order valence-electron chi connectivity index (χ0n) is 27.5. The van der Waals surface area contributed by atoms with Crippen molar-refractivity contribution < 1.29 is 52.3 Å². The molecule has 1 aromatic carbocycles. The van der Waals surface area contributed by atoms with Gasteiger partial charge in [-0.15, -0.1) is 5.10 Å². The van der Waals surface area contributed by atoms with Crippen molar-refractivity contribution in [1.82, 2.24) is 10.2 Å². The molecule has 3 rings (SSSR count). The highest BCUT2D eigenvalue weighted by atomic mass is 16.7. The van der Waals surface area contributed by atoms with Gasteiger partial charge in [0.1, 0.15) is 18.5 Å². The summed E-state index contributed by atoms with van der Waals surface area (Å²) in [7, 11) is 0. The summed E-state index contributed by atoms with van der Waals surface area (Å²) in [6.45, 7) is 10.9. The molecular weight excluding hydrogens is 618 g/mol. The smallest absolute Gasteiger partial charge is 0.303 e. The van der Waals surface area contributed by atoms with Crippen LogP contribution in [-0.4, -0.2) is 84.5 Å². The molecule has 0 saturated carbocycles. The highest BCUT2D eigenvalue weighted by Crippen LogP contribution is 2.34. The van der Waals surface area contributed by atoms with Crippen LogP contribution in [0, 0.1) is 6.92 Å². The molecule has 0 spiro atoms. The first-order valence-electron chi connectivity index (χ1n) is 15.1. The largest absolute Gasteiger partial charge is 0.494 e. The molecule has 2 heterocycles. The van der Waals surface area contributed by atoms with Crippen LogP contribution in [0.4, 0.5) is 0 Å². The molecule has 0 unspecified atom stereocenters. The summed E-state index contributed by atoms with van der Waals surface area (Å²) < 4.78 is 39.8. The SMILES string of the molecule is CC(=O)OC[C@H]1O[C@@H](Oc2n[nH]c(C(C)C)c2Cc2ccc(OCCCN=[N+]=[N-])cc2C)[C@H](OC(C)=O)[C@@H](OC(C)=O)[C@H]1OC(C)=O. The van der Waals surface area contributed by atoms with Crippen LogP contribution >= 0.6 is 0 Å². The number of rotatable bonds is 15. The lowest BCUT2D eigenvalue weighted by atomic mass is 9.96. The fourth-order valence-corrected chi connectivity index (χ4v) is 5.02. The van der Waals surface area contributed by atoms with Crippen molar-refractivity contribution in [3.8, 4) is 11.6 Å². The fourth-order valence-electron chi connectivity index (χ4n) is 5.02. The van der Waals surface area contributed by atoms with Crippen LogP contribution in [0.1, 0.15) is 76.3 Å². The monoisotopic (exact) mass is 659 g/mol. The average Bonchev–Trinajstić information content (AvgIpc) is 3.37. The normalized spacial score (nSPS) is 20.5. The quantitative estimate of drug-likeness (QED) is 0.0719. The van der Waals surface area contributed by atoms with Gasteiger partial charge in [-0.05, 0) is 48.1 Å². The predicted octanol–water partition coefficient (Wildman–Crippen LogP) is 3.97. The molecule has 256 valence electrons. The van der Waals surface area contributed by atoms with E-state index in [1.54, 1.807) is 0 Å². The number of aromatic amines is 1. The highest BCUT2D eigenvalue weighted by molar-refractivity contribution is 5.68. The van der Waals surface area contributed by atoms with Crippen molar-refractivity contribution in [3.63, 3.8) is 0 Å². The molecule has 1 aliphatic heterocycles. The molecule has 16 heteroatoms. The minimum absolute atomic E-state index is 0.00392. The molecule has 1 N–H and O–H groups in total. The maximum atomic E-state index is 12.2. The average molecular weight is 660 g/mol. The Kier molecular flexibility index (Phi) is 13.4. The minimum atomic E-state index is -1.43. The van der Waals surface area contributed by atoms with E-state index < -0.39 is 54.6 Å². The standard InChI is InChI=1S/C31H41N5O11/c1-16(2)26-24(14-22-9-10-23(13-17(22)3)41-12-8-11-33-36-32)30(35-34-26)47-31-29(45-21(7)40)28(44-20(6)39)27(43-19(5)38)25(46-31)15-42-18(4)37/h9-10,13,16,25,27-29,31H,8,11-12,14-15H2,1-7H3,(H,34,35)/t25-,27+,28+,29-,31+/m1/s1. The molecule has 1 aliphatic rings. The van der Waals surface area contributed by atoms with Crippen LogP contribution in [0.15, 0.2) is 23.3 Å². The van der Waals surface area contributed by atoms with Crippen LogP contribution < -0.4 is 9.47 Å². The lowest BCUT2D eigenvalue weighted by Gasteiger charge is -2.43. The Morgan fingerprint density at radius 1 is 1.00 bits per heavy atom. The van der Waals surface area contributed by atoms with Crippen molar-refractivity contribution in [3.05, 3.63) is 51.0 Å². The van der Waals surface area contributed by atoms with Gasteiger partial charge >= 0.3 is 23.9 Å². The van der Waals surface area contributed by atoms with Crippen molar-refractivity contribution in [2.75, 3.05) is 19.8 Å². The van der Waals surface area contributed by atoms with Crippen LogP contribution in [0.2, 0.25) is 0 Å². The molecule has 16 nitrogen and oxygen atoms in total. The number of nitrogens with one attached hydrogen (secondary N) is 1. The molecule has 5 atom stereocenters. The number of H-pyrrole nitrogens is 1. The number of azide groups is 1. The maximum Gasteiger partial charge on any atom is 0.303 e. The third-order valence-electron chi connectivity index (χ3n) is 7.03. The van der Waals surface area contributed by atoms with Gasteiger partial charge in [-0.2, -0.15) is 0 Å². The van der Waals surface area contributed by atoms with Gasteiger partial charge in [-0.3, -0.25) is 24.3 Å². The second-order valence-electron chi connectivity index (χ2n) is 11.2. The summed E-state index contributed by atoms with van der Waals surface area (Å²) in [5, 5.41) is 10.9.